The number of esters is 1. The summed E-state index contributed by atoms with van der Waals surface area (Å²) in [7, 11) is 0. The maximum absolute atomic E-state index is 12.1. The van der Waals surface area contributed by atoms with Crippen molar-refractivity contribution in [3.05, 3.63) is 0 Å². The van der Waals surface area contributed by atoms with E-state index in [2.05, 4.69) is 0 Å². The highest BCUT2D eigenvalue weighted by Gasteiger charge is 2.57. The van der Waals surface area contributed by atoms with E-state index in [0.29, 0.717) is 12.3 Å². The second-order valence-electron chi connectivity index (χ2n) is 5.77. The zero-order valence-corrected chi connectivity index (χ0v) is 11.6. The number of nitrogens with zero attached hydrogens (tertiary/aromatic N) is 1. The number of fused-ring (bicyclic) bond motifs is 1. The average Bonchev–Trinajstić information content (AvgIpc) is 2.86. The summed E-state index contributed by atoms with van der Waals surface area (Å²) in [6.07, 6.45) is 1.16. The molecule has 2 rings (SSSR count). The van der Waals surface area contributed by atoms with Gasteiger partial charge in [0, 0.05) is 6.04 Å². The van der Waals surface area contributed by atoms with Gasteiger partial charge >= 0.3 is 12.1 Å². The van der Waals surface area contributed by atoms with Crippen molar-refractivity contribution in [2.45, 2.75) is 51.3 Å². The van der Waals surface area contributed by atoms with Gasteiger partial charge in [-0.25, -0.2) is 9.59 Å². The molecule has 2 aliphatic rings. The maximum atomic E-state index is 12.1. The van der Waals surface area contributed by atoms with Crippen LogP contribution < -0.4 is 0 Å². The smallest absolute Gasteiger partial charge is 0.411 e. The summed E-state index contributed by atoms with van der Waals surface area (Å²) in [5, 5.41) is 0. The average molecular weight is 276 g/mol. The fraction of sp³-hybridized carbons (Fsp3) is 0.833. The Labute approximate surface area is 111 Å². The number of amides is 1. The highest BCUT2D eigenvalue weighted by Crippen LogP contribution is 2.48. The van der Waals surface area contributed by atoms with Gasteiger partial charge in [0.05, 0.1) is 0 Å². The number of hydrogen-bond acceptors (Lipinski definition) is 4. The van der Waals surface area contributed by atoms with E-state index in [9.17, 15) is 9.59 Å². The maximum Gasteiger partial charge on any atom is 0.411 e. The molecular weight excluding hydrogens is 258 g/mol. The van der Waals surface area contributed by atoms with E-state index in [1.807, 2.05) is 0 Å². The Morgan fingerprint density at radius 1 is 1.33 bits per heavy atom. The van der Waals surface area contributed by atoms with E-state index in [1.165, 1.54) is 4.90 Å². The van der Waals surface area contributed by atoms with Crippen molar-refractivity contribution >= 4 is 23.7 Å². The van der Waals surface area contributed by atoms with E-state index < -0.39 is 23.7 Å². The number of hydrogen-bond donors (Lipinski definition) is 0. The Hall–Kier alpha value is -0.970. The molecule has 3 atom stereocenters. The van der Waals surface area contributed by atoms with Crippen molar-refractivity contribution < 1.29 is 19.1 Å². The SMILES string of the molecule is CC(C)(C)OC(=O)N1[C@@H]2C[C@@H]2C[C@H]1C(=O)OCCl. The van der Waals surface area contributed by atoms with E-state index in [4.69, 9.17) is 21.1 Å². The summed E-state index contributed by atoms with van der Waals surface area (Å²) in [6.45, 7) is 5.41. The summed E-state index contributed by atoms with van der Waals surface area (Å²) >= 11 is 5.38. The van der Waals surface area contributed by atoms with Crippen LogP contribution in [0.15, 0.2) is 0 Å². The zero-order chi connectivity index (χ0) is 13.5. The number of likely N-dealkylation sites (tertiary alicyclic amines) is 1. The van der Waals surface area contributed by atoms with Gasteiger partial charge in [-0.1, -0.05) is 11.6 Å². The second-order valence-corrected chi connectivity index (χ2v) is 5.99. The first-order chi connectivity index (χ1) is 8.33. The molecule has 0 aromatic carbocycles. The minimum atomic E-state index is -0.564. The Morgan fingerprint density at radius 3 is 2.56 bits per heavy atom. The summed E-state index contributed by atoms with van der Waals surface area (Å²) in [5.41, 5.74) is -0.564. The molecule has 1 amide bonds. The van der Waals surface area contributed by atoms with Crippen LogP contribution in [0.5, 0.6) is 0 Å². The van der Waals surface area contributed by atoms with Crippen molar-refractivity contribution in [2.75, 3.05) is 6.07 Å². The van der Waals surface area contributed by atoms with Crippen LogP contribution in [0.1, 0.15) is 33.6 Å². The van der Waals surface area contributed by atoms with Gasteiger partial charge in [-0.2, -0.15) is 0 Å². The number of piperidine rings is 1. The molecule has 1 saturated carbocycles. The minimum absolute atomic E-state index is 0.132. The molecule has 0 radical (unpaired) electrons. The largest absolute Gasteiger partial charge is 0.448 e. The predicted octanol–water partition coefficient (Wildman–Crippen LogP) is 2.12. The van der Waals surface area contributed by atoms with Crippen LogP contribution in [0.2, 0.25) is 0 Å². The molecule has 1 aliphatic carbocycles. The Morgan fingerprint density at radius 2 is 2.00 bits per heavy atom. The first-order valence-electron chi connectivity index (χ1n) is 6.07. The lowest BCUT2D eigenvalue weighted by Crippen LogP contribution is -2.46. The van der Waals surface area contributed by atoms with Gasteiger partial charge in [-0.15, -0.1) is 0 Å². The minimum Gasteiger partial charge on any atom is -0.448 e. The van der Waals surface area contributed by atoms with Gasteiger partial charge < -0.3 is 9.47 Å². The molecule has 102 valence electrons. The van der Waals surface area contributed by atoms with Gasteiger partial charge in [-0.05, 0) is 39.5 Å². The van der Waals surface area contributed by atoms with Crippen molar-refractivity contribution in [1.29, 1.82) is 0 Å². The van der Waals surface area contributed by atoms with Crippen LogP contribution in [-0.4, -0.2) is 40.7 Å². The molecule has 0 unspecified atom stereocenters. The monoisotopic (exact) mass is 275 g/mol. The highest BCUT2D eigenvalue weighted by atomic mass is 35.5. The number of carbonyl (C=O) groups excluding carboxylic acids is 2. The zero-order valence-electron chi connectivity index (χ0n) is 10.8. The number of alkyl halides is 1. The molecule has 0 spiro atoms. The molecule has 5 nitrogen and oxygen atoms in total. The second kappa shape index (κ2) is 4.61. The lowest BCUT2D eigenvalue weighted by atomic mass is 10.2. The molecule has 0 aromatic heterocycles. The third kappa shape index (κ3) is 2.71. The molecule has 2 fully saturated rings. The van der Waals surface area contributed by atoms with E-state index in [0.717, 1.165) is 6.42 Å². The predicted molar refractivity (Wildman–Crippen MR) is 65.2 cm³/mol. The van der Waals surface area contributed by atoms with E-state index >= 15 is 0 Å². The molecule has 0 bridgehead atoms. The van der Waals surface area contributed by atoms with E-state index in [-0.39, 0.29) is 12.1 Å². The molecular formula is C12H18ClNO4. The van der Waals surface area contributed by atoms with Crippen LogP contribution in [0.4, 0.5) is 4.79 Å². The van der Waals surface area contributed by atoms with Gasteiger partial charge in [0.15, 0.2) is 6.07 Å². The lowest BCUT2D eigenvalue weighted by molar-refractivity contribution is -0.147. The van der Waals surface area contributed by atoms with Crippen LogP contribution >= 0.6 is 11.6 Å². The Bertz CT molecular complexity index is 366. The van der Waals surface area contributed by atoms with Gasteiger partial charge in [0.1, 0.15) is 11.6 Å². The molecule has 1 saturated heterocycles. The van der Waals surface area contributed by atoms with Crippen molar-refractivity contribution in [1.82, 2.24) is 4.90 Å². The normalized spacial score (nSPS) is 29.8. The molecule has 18 heavy (non-hydrogen) atoms. The third-order valence-corrected chi connectivity index (χ3v) is 3.29. The Balaban J connectivity index is 2.04. The molecule has 0 N–H and O–H groups in total. The number of halogens is 1. The van der Waals surface area contributed by atoms with Gasteiger partial charge in [0.2, 0.25) is 0 Å². The summed E-state index contributed by atoms with van der Waals surface area (Å²) in [6, 6.07) is -0.595. The van der Waals surface area contributed by atoms with Crippen LogP contribution in [0, 0.1) is 5.92 Å². The van der Waals surface area contributed by atoms with Crippen molar-refractivity contribution in [3.63, 3.8) is 0 Å². The number of carbonyl (C=O) groups is 2. The highest BCUT2D eigenvalue weighted by molar-refractivity contribution is 6.17. The molecule has 6 heteroatoms. The molecule has 1 aliphatic heterocycles. The number of ether oxygens (including phenoxy) is 2. The van der Waals surface area contributed by atoms with Crippen LogP contribution in [0.3, 0.4) is 0 Å². The first kappa shape index (κ1) is 13.5. The van der Waals surface area contributed by atoms with Crippen LogP contribution in [-0.2, 0) is 14.3 Å². The number of rotatable bonds is 2. The van der Waals surface area contributed by atoms with Crippen LogP contribution in [0.25, 0.3) is 0 Å². The quantitative estimate of drug-likeness (QED) is 0.572. The first-order valence-corrected chi connectivity index (χ1v) is 6.61. The fourth-order valence-corrected chi connectivity index (χ4v) is 2.50. The summed E-state index contributed by atoms with van der Waals surface area (Å²) in [4.78, 5) is 25.3. The fourth-order valence-electron chi connectivity index (χ4n) is 2.39. The van der Waals surface area contributed by atoms with E-state index in [1.54, 1.807) is 20.8 Å². The Kier molecular flexibility index (Phi) is 3.45. The topological polar surface area (TPSA) is 55.8 Å². The summed E-state index contributed by atoms with van der Waals surface area (Å²) in [5.74, 6) is -0.0338. The van der Waals surface area contributed by atoms with Gasteiger partial charge in [0.25, 0.3) is 0 Å². The summed E-state index contributed by atoms with van der Waals surface area (Å²) < 4.78 is 10.1. The molecule has 1 heterocycles. The van der Waals surface area contributed by atoms with Gasteiger partial charge in [-0.3, -0.25) is 4.90 Å². The third-order valence-electron chi connectivity index (χ3n) is 3.18. The standard InChI is InChI=1S/C12H18ClNO4/c1-12(2,3)18-11(16)14-8-4-7(8)5-9(14)10(15)17-6-13/h7-9H,4-6H2,1-3H3/t7-,8-,9+/m1/s1. The van der Waals surface area contributed by atoms with Crippen molar-refractivity contribution in [3.8, 4) is 0 Å². The molecule has 0 aromatic rings. The van der Waals surface area contributed by atoms with Crippen molar-refractivity contribution in [2.24, 2.45) is 5.92 Å². The lowest BCUT2D eigenvalue weighted by Gasteiger charge is -2.29.